The molecule has 1 heterocycles. The normalized spacial score (nSPS) is 47.3. The van der Waals surface area contributed by atoms with E-state index in [0.29, 0.717) is 12.8 Å². The predicted octanol–water partition coefficient (Wildman–Crippen LogP) is -0.177. The molecule has 0 amide bonds. The Morgan fingerprint density at radius 1 is 1.26 bits per heavy atom. The summed E-state index contributed by atoms with van der Waals surface area (Å²) in [7, 11) is 0. The lowest BCUT2D eigenvalue weighted by Gasteiger charge is -2.17. The van der Waals surface area contributed by atoms with E-state index in [4.69, 9.17) is 20.1 Å². The van der Waals surface area contributed by atoms with Gasteiger partial charge in [0.1, 0.15) is 0 Å². The lowest BCUT2D eigenvalue weighted by atomic mass is 9.96. The summed E-state index contributed by atoms with van der Waals surface area (Å²) in [5.41, 5.74) is 0.916. The summed E-state index contributed by atoms with van der Waals surface area (Å²) in [6.45, 7) is 4.00. The zero-order valence-corrected chi connectivity index (χ0v) is 11.5. The maximum atomic E-state index is 9.31. The zero-order valence-electron chi connectivity index (χ0n) is 11.5. The molecule has 2 aliphatic carbocycles. The molecule has 19 heavy (non-hydrogen) atoms. The molecular formula is C14H24O5. The van der Waals surface area contributed by atoms with Gasteiger partial charge in [0.2, 0.25) is 0 Å². The standard InChI is InChI=1S/C7H12O3.C7H12O2/c1-7-4(3-8)5(9)2-6(7)10-7;1-5-2-3-7(9)6(5)4-8/h4-6,8-9H,2-3H2,1H3;2,6-9H,3-4H2,1H3/t4-,5+,6-,7+;6-,7-/m10/s1. The van der Waals surface area contributed by atoms with Gasteiger partial charge in [0, 0.05) is 18.3 Å². The van der Waals surface area contributed by atoms with Crippen LogP contribution in [0.3, 0.4) is 0 Å². The van der Waals surface area contributed by atoms with Gasteiger partial charge in [0.15, 0.2) is 0 Å². The average molecular weight is 272 g/mol. The second-order valence-corrected chi connectivity index (χ2v) is 5.92. The average Bonchev–Trinajstić information content (AvgIpc) is 2.76. The van der Waals surface area contributed by atoms with Crippen molar-refractivity contribution in [3.63, 3.8) is 0 Å². The molecular weight excluding hydrogens is 248 g/mol. The number of rotatable bonds is 2. The molecule has 3 aliphatic rings. The van der Waals surface area contributed by atoms with Crippen LogP contribution in [0.1, 0.15) is 26.7 Å². The number of ether oxygens (including phenoxy) is 1. The van der Waals surface area contributed by atoms with E-state index in [1.807, 2.05) is 19.9 Å². The van der Waals surface area contributed by atoms with E-state index in [9.17, 15) is 5.11 Å². The fraction of sp³-hybridized carbons (Fsp3) is 0.857. The van der Waals surface area contributed by atoms with E-state index in [1.54, 1.807) is 0 Å². The van der Waals surface area contributed by atoms with Crippen LogP contribution in [0.25, 0.3) is 0 Å². The second kappa shape index (κ2) is 5.50. The van der Waals surface area contributed by atoms with Crippen molar-refractivity contribution in [2.45, 2.75) is 50.6 Å². The molecule has 0 aromatic rings. The Morgan fingerprint density at radius 2 is 1.95 bits per heavy atom. The first-order valence-electron chi connectivity index (χ1n) is 6.86. The minimum Gasteiger partial charge on any atom is -0.396 e. The van der Waals surface area contributed by atoms with E-state index in [0.717, 1.165) is 5.57 Å². The lowest BCUT2D eigenvalue weighted by Crippen LogP contribution is -2.29. The quantitative estimate of drug-likeness (QED) is 0.413. The number of hydrogen-bond acceptors (Lipinski definition) is 5. The van der Waals surface area contributed by atoms with E-state index in [-0.39, 0.29) is 49.0 Å². The summed E-state index contributed by atoms with van der Waals surface area (Å²) in [6, 6.07) is 0. The molecule has 110 valence electrons. The number of fused-ring (bicyclic) bond motifs is 1. The van der Waals surface area contributed by atoms with Crippen LogP contribution in [0.4, 0.5) is 0 Å². The highest BCUT2D eigenvalue weighted by molar-refractivity contribution is 5.13. The molecule has 3 rings (SSSR count). The van der Waals surface area contributed by atoms with Crippen molar-refractivity contribution in [2.75, 3.05) is 13.2 Å². The molecule has 0 unspecified atom stereocenters. The van der Waals surface area contributed by atoms with Gasteiger partial charge in [-0.15, -0.1) is 0 Å². The van der Waals surface area contributed by atoms with Crippen LogP contribution in [0.15, 0.2) is 11.6 Å². The largest absolute Gasteiger partial charge is 0.396 e. The first kappa shape index (κ1) is 14.9. The van der Waals surface area contributed by atoms with Crippen molar-refractivity contribution in [2.24, 2.45) is 11.8 Å². The minimum atomic E-state index is -0.353. The number of epoxide rings is 1. The van der Waals surface area contributed by atoms with Gasteiger partial charge in [0.05, 0.1) is 37.1 Å². The number of aliphatic hydroxyl groups is 4. The fourth-order valence-electron chi connectivity index (χ4n) is 3.14. The van der Waals surface area contributed by atoms with Gasteiger partial charge in [-0.3, -0.25) is 0 Å². The Kier molecular flexibility index (Phi) is 4.32. The molecule has 4 N–H and O–H groups in total. The smallest absolute Gasteiger partial charge is 0.0996 e. The van der Waals surface area contributed by atoms with Crippen LogP contribution in [-0.4, -0.2) is 57.6 Å². The van der Waals surface area contributed by atoms with Gasteiger partial charge < -0.3 is 25.2 Å². The molecule has 2 fully saturated rings. The SMILES string of the molecule is CC1=CC[C@H](O)[C@H]1CO.C[C@@]12O[C@@H]1C[C@H](O)[C@H]2CO. The van der Waals surface area contributed by atoms with Crippen molar-refractivity contribution < 1.29 is 25.2 Å². The maximum absolute atomic E-state index is 9.31. The van der Waals surface area contributed by atoms with Crippen molar-refractivity contribution in [1.82, 2.24) is 0 Å². The van der Waals surface area contributed by atoms with E-state index < -0.39 is 0 Å². The van der Waals surface area contributed by atoms with E-state index >= 15 is 0 Å². The highest BCUT2D eigenvalue weighted by Gasteiger charge is 2.65. The first-order valence-corrected chi connectivity index (χ1v) is 6.86. The predicted molar refractivity (Wildman–Crippen MR) is 69.4 cm³/mol. The van der Waals surface area contributed by atoms with E-state index in [2.05, 4.69) is 0 Å². The molecule has 6 atom stereocenters. The Morgan fingerprint density at radius 3 is 2.21 bits per heavy atom. The van der Waals surface area contributed by atoms with Gasteiger partial charge in [-0.05, 0) is 20.3 Å². The minimum absolute atomic E-state index is 0.00463. The molecule has 1 saturated heterocycles. The summed E-state index contributed by atoms with van der Waals surface area (Å²) >= 11 is 0. The Hall–Kier alpha value is -0.460. The maximum Gasteiger partial charge on any atom is 0.0996 e. The van der Waals surface area contributed by atoms with Crippen LogP contribution in [0, 0.1) is 11.8 Å². The van der Waals surface area contributed by atoms with Crippen LogP contribution < -0.4 is 0 Å². The number of aliphatic hydroxyl groups excluding tert-OH is 4. The van der Waals surface area contributed by atoms with Gasteiger partial charge in [-0.25, -0.2) is 0 Å². The van der Waals surface area contributed by atoms with Crippen molar-refractivity contribution in [1.29, 1.82) is 0 Å². The molecule has 0 radical (unpaired) electrons. The zero-order chi connectivity index (χ0) is 14.2. The van der Waals surface area contributed by atoms with Crippen molar-refractivity contribution in [3.05, 3.63) is 11.6 Å². The topological polar surface area (TPSA) is 93.5 Å². The number of hydrogen-bond donors (Lipinski definition) is 4. The summed E-state index contributed by atoms with van der Waals surface area (Å²) < 4.78 is 5.29. The molecule has 1 saturated carbocycles. The summed E-state index contributed by atoms with van der Waals surface area (Å²) in [6.07, 6.45) is 2.90. The highest BCUT2D eigenvalue weighted by Crippen LogP contribution is 2.53. The van der Waals surface area contributed by atoms with Crippen LogP contribution in [0.5, 0.6) is 0 Å². The Bertz CT molecular complexity index is 356. The molecule has 5 heteroatoms. The van der Waals surface area contributed by atoms with Crippen LogP contribution in [0.2, 0.25) is 0 Å². The summed E-state index contributed by atoms with van der Waals surface area (Å²) in [5.74, 6) is -0.0532. The molecule has 0 bridgehead atoms. The van der Waals surface area contributed by atoms with Crippen molar-refractivity contribution in [3.8, 4) is 0 Å². The third kappa shape index (κ3) is 2.71. The van der Waals surface area contributed by atoms with Gasteiger partial charge >= 0.3 is 0 Å². The van der Waals surface area contributed by atoms with E-state index in [1.165, 1.54) is 0 Å². The first-order chi connectivity index (χ1) is 8.93. The monoisotopic (exact) mass is 272 g/mol. The third-order valence-corrected chi connectivity index (χ3v) is 4.76. The van der Waals surface area contributed by atoms with Gasteiger partial charge in [-0.1, -0.05) is 11.6 Å². The summed E-state index contributed by atoms with van der Waals surface area (Å²) in [4.78, 5) is 0. The molecule has 0 aromatic carbocycles. The molecule has 0 spiro atoms. The lowest BCUT2D eigenvalue weighted by molar-refractivity contribution is 0.0184. The molecule has 1 aliphatic heterocycles. The second-order valence-electron chi connectivity index (χ2n) is 5.92. The van der Waals surface area contributed by atoms with Crippen LogP contribution in [-0.2, 0) is 4.74 Å². The molecule has 0 aromatic heterocycles. The summed E-state index contributed by atoms with van der Waals surface area (Å²) in [5, 5.41) is 36.0. The van der Waals surface area contributed by atoms with Gasteiger partial charge in [0.25, 0.3) is 0 Å². The van der Waals surface area contributed by atoms with Crippen molar-refractivity contribution >= 4 is 0 Å². The fourth-order valence-corrected chi connectivity index (χ4v) is 3.14. The molecule has 5 nitrogen and oxygen atoms in total. The van der Waals surface area contributed by atoms with Crippen LogP contribution >= 0.6 is 0 Å². The third-order valence-electron chi connectivity index (χ3n) is 4.76. The highest BCUT2D eigenvalue weighted by atomic mass is 16.6. The Labute approximate surface area is 113 Å². The van der Waals surface area contributed by atoms with Gasteiger partial charge in [-0.2, -0.15) is 0 Å². The Balaban J connectivity index is 0.000000141.